The fourth-order valence-corrected chi connectivity index (χ4v) is 5.92. The van der Waals surface area contributed by atoms with Gasteiger partial charge < -0.3 is 15.0 Å². The van der Waals surface area contributed by atoms with Crippen LogP contribution in [0.2, 0.25) is 0 Å². The second kappa shape index (κ2) is 10.7. The maximum absolute atomic E-state index is 13.8. The van der Waals surface area contributed by atoms with Crippen molar-refractivity contribution >= 4 is 33.5 Å². The topological polar surface area (TPSA) is 122 Å². The van der Waals surface area contributed by atoms with Crippen LogP contribution in [0.5, 0.6) is 0 Å². The lowest BCUT2D eigenvalue weighted by atomic mass is 10.0. The van der Waals surface area contributed by atoms with Crippen molar-refractivity contribution in [1.82, 2.24) is 14.9 Å². The molecule has 2 amide bonds. The van der Waals surface area contributed by atoms with Crippen LogP contribution in [-0.2, 0) is 25.9 Å². The molecule has 1 fully saturated rings. The molecule has 0 bridgehead atoms. The Morgan fingerprint density at radius 1 is 1.10 bits per heavy atom. The molecule has 2 aromatic carbocycles. The molecule has 1 saturated heterocycles. The molecule has 1 aromatic heterocycles. The SMILES string of the molecule is CC(C)(C)OC(=O)N1Cc2cc(S(C)(=O)=O)ccc2[C@@H]1C(=O)Nc1cnc(N2CCC[C@@H]2c2cccc(F)c2)nc1. The van der Waals surface area contributed by atoms with Gasteiger partial charge in [0.05, 0.1) is 35.6 Å². The summed E-state index contributed by atoms with van der Waals surface area (Å²) in [6.45, 7) is 5.90. The van der Waals surface area contributed by atoms with Gasteiger partial charge in [-0.25, -0.2) is 27.6 Å². The number of ether oxygens (including phenoxy) is 1. The Hall–Kier alpha value is -4.06. The summed E-state index contributed by atoms with van der Waals surface area (Å²) in [6.07, 6.45) is 5.13. The molecule has 0 spiro atoms. The summed E-state index contributed by atoms with van der Waals surface area (Å²) < 4.78 is 43.6. The number of fused-ring (bicyclic) bond motifs is 1. The first-order valence-corrected chi connectivity index (χ1v) is 15.2. The van der Waals surface area contributed by atoms with Crippen molar-refractivity contribution in [2.24, 2.45) is 0 Å². The van der Waals surface area contributed by atoms with E-state index in [0.29, 0.717) is 29.3 Å². The lowest BCUT2D eigenvalue weighted by molar-refractivity contribution is -0.121. The van der Waals surface area contributed by atoms with Gasteiger partial charge in [0.2, 0.25) is 5.95 Å². The number of hydrogen-bond acceptors (Lipinski definition) is 8. The highest BCUT2D eigenvalue weighted by Gasteiger charge is 2.41. The normalized spacial score (nSPS) is 18.8. The highest BCUT2D eigenvalue weighted by atomic mass is 32.2. The van der Waals surface area contributed by atoms with Crippen molar-refractivity contribution in [2.45, 2.75) is 62.7 Å². The predicted molar refractivity (Wildman–Crippen MR) is 150 cm³/mol. The molecule has 41 heavy (non-hydrogen) atoms. The molecule has 12 heteroatoms. The number of aromatic nitrogens is 2. The third kappa shape index (κ3) is 6.17. The number of carbonyl (C=O) groups excluding carboxylic acids is 2. The Morgan fingerprint density at radius 3 is 2.49 bits per heavy atom. The number of amides is 2. The van der Waals surface area contributed by atoms with E-state index in [-0.39, 0.29) is 23.3 Å². The minimum absolute atomic E-state index is 0.0115. The fourth-order valence-electron chi connectivity index (χ4n) is 5.24. The van der Waals surface area contributed by atoms with Crippen LogP contribution in [0, 0.1) is 5.82 Å². The number of benzene rings is 2. The summed E-state index contributed by atoms with van der Waals surface area (Å²) in [6, 6.07) is 9.86. The number of rotatable bonds is 5. The van der Waals surface area contributed by atoms with Crippen molar-refractivity contribution in [3.05, 3.63) is 77.4 Å². The first kappa shape index (κ1) is 28.5. The number of anilines is 2. The van der Waals surface area contributed by atoms with Gasteiger partial charge >= 0.3 is 6.09 Å². The van der Waals surface area contributed by atoms with E-state index in [4.69, 9.17) is 4.74 Å². The van der Waals surface area contributed by atoms with Gasteiger partial charge in [0.1, 0.15) is 17.5 Å². The van der Waals surface area contributed by atoms with Crippen LogP contribution in [0.4, 0.5) is 20.8 Å². The highest BCUT2D eigenvalue weighted by molar-refractivity contribution is 7.90. The van der Waals surface area contributed by atoms with Crippen LogP contribution in [0.1, 0.15) is 62.4 Å². The number of carbonyl (C=O) groups is 2. The summed E-state index contributed by atoms with van der Waals surface area (Å²) in [7, 11) is -3.49. The van der Waals surface area contributed by atoms with E-state index in [1.165, 1.54) is 41.6 Å². The lowest BCUT2D eigenvalue weighted by Crippen LogP contribution is -2.40. The average molecular weight is 582 g/mol. The molecule has 2 aliphatic rings. The van der Waals surface area contributed by atoms with Gasteiger partial charge in [-0.3, -0.25) is 9.69 Å². The van der Waals surface area contributed by atoms with Gasteiger partial charge in [-0.2, -0.15) is 0 Å². The number of nitrogens with one attached hydrogen (secondary N) is 1. The smallest absolute Gasteiger partial charge is 0.411 e. The van der Waals surface area contributed by atoms with E-state index < -0.39 is 33.5 Å². The minimum atomic E-state index is -3.49. The van der Waals surface area contributed by atoms with E-state index in [1.54, 1.807) is 32.9 Å². The lowest BCUT2D eigenvalue weighted by Gasteiger charge is -2.28. The number of hydrogen-bond donors (Lipinski definition) is 1. The molecule has 3 aromatic rings. The molecular formula is C29H32FN5O5S. The molecule has 10 nitrogen and oxygen atoms in total. The number of halogens is 1. The summed E-state index contributed by atoms with van der Waals surface area (Å²) in [4.78, 5) is 39.0. The third-order valence-corrected chi connectivity index (χ3v) is 8.13. The van der Waals surface area contributed by atoms with Crippen LogP contribution >= 0.6 is 0 Å². The van der Waals surface area contributed by atoms with Crippen LogP contribution in [0.3, 0.4) is 0 Å². The van der Waals surface area contributed by atoms with E-state index in [9.17, 15) is 22.4 Å². The number of nitrogens with zero attached hydrogens (tertiary/aromatic N) is 4. The maximum atomic E-state index is 13.8. The number of sulfone groups is 1. The van der Waals surface area contributed by atoms with Gasteiger partial charge in [-0.1, -0.05) is 18.2 Å². The zero-order chi connectivity index (χ0) is 29.5. The van der Waals surface area contributed by atoms with E-state index >= 15 is 0 Å². The second-order valence-electron chi connectivity index (χ2n) is 11.3. The quantitative estimate of drug-likeness (QED) is 0.457. The van der Waals surface area contributed by atoms with Crippen molar-refractivity contribution < 1.29 is 27.1 Å². The first-order chi connectivity index (χ1) is 19.3. The Bertz CT molecular complexity index is 1590. The van der Waals surface area contributed by atoms with Crippen LogP contribution in [-0.4, -0.2) is 53.7 Å². The summed E-state index contributed by atoms with van der Waals surface area (Å²) in [5.74, 6) is -0.351. The molecule has 0 radical (unpaired) electrons. The predicted octanol–water partition coefficient (Wildman–Crippen LogP) is 4.79. The Labute approximate surface area is 238 Å². The monoisotopic (exact) mass is 581 g/mol. The van der Waals surface area contributed by atoms with Crippen molar-refractivity contribution in [3.63, 3.8) is 0 Å². The minimum Gasteiger partial charge on any atom is -0.444 e. The van der Waals surface area contributed by atoms with Crippen LogP contribution in [0.25, 0.3) is 0 Å². The standard InChI is InChI=1S/C29H32FN5O5S/c1-29(2,3)40-28(37)35-17-19-14-22(41(4,38)39)10-11-23(19)25(35)26(36)33-21-15-31-27(32-16-21)34-12-6-9-24(34)18-7-5-8-20(30)13-18/h5,7-8,10-11,13-16,24-25H,6,9,12,17H2,1-4H3,(H,33,36)/t24-,25-/m1/s1. The Kier molecular flexibility index (Phi) is 7.45. The molecule has 3 heterocycles. The molecule has 0 aliphatic carbocycles. The molecular weight excluding hydrogens is 549 g/mol. The second-order valence-corrected chi connectivity index (χ2v) is 13.3. The Morgan fingerprint density at radius 2 is 1.83 bits per heavy atom. The first-order valence-electron chi connectivity index (χ1n) is 13.3. The van der Waals surface area contributed by atoms with Crippen molar-refractivity contribution in [2.75, 3.05) is 23.0 Å². The average Bonchev–Trinajstić information content (AvgIpc) is 3.53. The molecule has 0 unspecified atom stereocenters. The van der Waals surface area contributed by atoms with Crippen molar-refractivity contribution in [3.8, 4) is 0 Å². The zero-order valence-corrected chi connectivity index (χ0v) is 24.1. The van der Waals surface area contributed by atoms with E-state index in [0.717, 1.165) is 24.7 Å². The zero-order valence-electron chi connectivity index (χ0n) is 23.3. The molecule has 2 aliphatic heterocycles. The summed E-state index contributed by atoms with van der Waals surface area (Å²) in [5, 5.41) is 2.79. The van der Waals surface area contributed by atoms with Gasteiger partial charge in [-0.15, -0.1) is 0 Å². The third-order valence-electron chi connectivity index (χ3n) is 7.01. The van der Waals surface area contributed by atoms with Gasteiger partial charge in [0.15, 0.2) is 9.84 Å². The molecule has 5 rings (SSSR count). The van der Waals surface area contributed by atoms with Gasteiger partial charge in [-0.05, 0) is 74.6 Å². The molecule has 1 N–H and O–H groups in total. The van der Waals surface area contributed by atoms with Crippen LogP contribution < -0.4 is 10.2 Å². The van der Waals surface area contributed by atoms with Gasteiger partial charge in [0.25, 0.3) is 5.91 Å². The summed E-state index contributed by atoms with van der Waals surface area (Å²) >= 11 is 0. The van der Waals surface area contributed by atoms with Crippen molar-refractivity contribution in [1.29, 1.82) is 0 Å². The molecule has 216 valence electrons. The largest absolute Gasteiger partial charge is 0.444 e. The van der Waals surface area contributed by atoms with E-state index in [1.807, 2.05) is 11.0 Å². The Balaban J connectivity index is 1.37. The van der Waals surface area contributed by atoms with Crippen LogP contribution in [0.15, 0.2) is 59.8 Å². The molecule has 0 saturated carbocycles. The highest BCUT2D eigenvalue weighted by Crippen LogP contribution is 2.38. The fraction of sp³-hybridized carbons (Fsp3) is 0.379. The maximum Gasteiger partial charge on any atom is 0.411 e. The van der Waals surface area contributed by atoms with Gasteiger partial charge in [0, 0.05) is 12.8 Å². The summed E-state index contributed by atoms with van der Waals surface area (Å²) in [5.41, 5.74) is 1.43. The molecule has 2 atom stereocenters. The van der Waals surface area contributed by atoms with E-state index in [2.05, 4.69) is 15.3 Å².